The molecule has 1 aliphatic rings. The number of halogens is 2. The summed E-state index contributed by atoms with van der Waals surface area (Å²) in [7, 11) is 0. The monoisotopic (exact) mass is 285 g/mol. The van der Waals surface area contributed by atoms with Crippen LogP contribution in [0.3, 0.4) is 0 Å². The highest BCUT2D eigenvalue weighted by Crippen LogP contribution is 2.27. The minimum atomic E-state index is -0.819. The molecule has 5 heteroatoms. The summed E-state index contributed by atoms with van der Waals surface area (Å²) in [6, 6.07) is 3.64. The first-order valence-corrected chi connectivity index (χ1v) is 6.84. The molecule has 0 aromatic heterocycles. The Kier molecular flexibility index (Phi) is 4.42. The molecule has 2 rings (SSSR count). The lowest BCUT2D eigenvalue weighted by Crippen LogP contribution is -2.44. The summed E-state index contributed by atoms with van der Waals surface area (Å²) in [5, 5.41) is 13.0. The van der Waals surface area contributed by atoms with Gasteiger partial charge in [-0.1, -0.05) is 30.9 Å². The van der Waals surface area contributed by atoms with Gasteiger partial charge in [-0.25, -0.2) is 4.39 Å². The summed E-state index contributed by atoms with van der Waals surface area (Å²) >= 11 is 5.82. The normalized spacial score (nSPS) is 18.1. The van der Waals surface area contributed by atoms with Crippen LogP contribution in [0.4, 0.5) is 4.39 Å². The van der Waals surface area contributed by atoms with Crippen molar-refractivity contribution >= 4 is 17.5 Å². The highest BCUT2D eigenvalue weighted by Gasteiger charge is 2.29. The average molecular weight is 286 g/mol. The predicted molar refractivity (Wildman–Crippen MR) is 71.8 cm³/mol. The molecule has 0 spiro atoms. The fourth-order valence-corrected chi connectivity index (χ4v) is 2.65. The van der Waals surface area contributed by atoms with E-state index in [0.29, 0.717) is 12.8 Å². The van der Waals surface area contributed by atoms with E-state index in [4.69, 9.17) is 11.6 Å². The summed E-state index contributed by atoms with van der Waals surface area (Å²) in [6.45, 7) is 0.208. The molecular weight excluding hydrogens is 269 g/mol. The van der Waals surface area contributed by atoms with Gasteiger partial charge in [0.25, 0.3) is 5.91 Å². The molecule has 1 fully saturated rings. The second kappa shape index (κ2) is 5.88. The molecular formula is C14H17ClFNO2. The predicted octanol–water partition coefficient (Wildman–Crippen LogP) is 2.90. The van der Waals surface area contributed by atoms with Crippen molar-refractivity contribution in [1.29, 1.82) is 0 Å². The third-order valence-corrected chi connectivity index (χ3v) is 3.85. The van der Waals surface area contributed by atoms with Crippen LogP contribution in [0.15, 0.2) is 18.2 Å². The second-order valence-electron chi connectivity index (χ2n) is 5.09. The Balaban J connectivity index is 1.97. The first-order chi connectivity index (χ1) is 9.00. The van der Waals surface area contributed by atoms with E-state index in [1.165, 1.54) is 12.1 Å². The van der Waals surface area contributed by atoms with Crippen molar-refractivity contribution < 1.29 is 14.3 Å². The largest absolute Gasteiger partial charge is 0.388 e. The first-order valence-electron chi connectivity index (χ1n) is 6.46. The van der Waals surface area contributed by atoms with Crippen molar-refractivity contribution in [3.05, 3.63) is 34.6 Å². The van der Waals surface area contributed by atoms with Crippen LogP contribution >= 0.6 is 11.6 Å². The maximum atomic E-state index is 12.9. The number of benzene rings is 1. The van der Waals surface area contributed by atoms with Gasteiger partial charge in [0.05, 0.1) is 16.2 Å². The van der Waals surface area contributed by atoms with Crippen molar-refractivity contribution in [1.82, 2.24) is 5.32 Å². The summed E-state index contributed by atoms with van der Waals surface area (Å²) in [6.07, 6.45) is 4.47. The fraction of sp³-hybridized carbons (Fsp3) is 0.500. The quantitative estimate of drug-likeness (QED) is 0.897. The van der Waals surface area contributed by atoms with Crippen LogP contribution in [0.5, 0.6) is 0 Å². The third kappa shape index (κ3) is 3.67. The maximum absolute atomic E-state index is 12.9. The lowest BCUT2D eigenvalue weighted by Gasteiger charge is -2.32. The molecule has 2 N–H and O–H groups in total. The number of amides is 1. The van der Waals surface area contributed by atoms with Gasteiger partial charge in [-0.3, -0.25) is 4.79 Å². The van der Waals surface area contributed by atoms with E-state index in [1.807, 2.05) is 0 Å². The van der Waals surface area contributed by atoms with Crippen molar-refractivity contribution in [2.75, 3.05) is 6.54 Å². The van der Waals surface area contributed by atoms with Gasteiger partial charge >= 0.3 is 0 Å². The maximum Gasteiger partial charge on any atom is 0.252 e. The van der Waals surface area contributed by atoms with Crippen LogP contribution < -0.4 is 5.32 Å². The average Bonchev–Trinajstić information content (AvgIpc) is 2.37. The van der Waals surface area contributed by atoms with Crippen LogP contribution in [0.1, 0.15) is 42.5 Å². The van der Waals surface area contributed by atoms with Crippen molar-refractivity contribution in [2.24, 2.45) is 0 Å². The lowest BCUT2D eigenvalue weighted by molar-refractivity contribution is 0.00525. The molecule has 0 bridgehead atoms. The van der Waals surface area contributed by atoms with Crippen molar-refractivity contribution in [3.8, 4) is 0 Å². The van der Waals surface area contributed by atoms with E-state index in [2.05, 4.69) is 5.32 Å². The highest BCUT2D eigenvalue weighted by molar-refractivity contribution is 6.33. The van der Waals surface area contributed by atoms with Gasteiger partial charge in [0.15, 0.2) is 0 Å². The molecule has 1 aromatic rings. The molecule has 0 saturated heterocycles. The Hall–Kier alpha value is -1.13. The number of carbonyl (C=O) groups is 1. The third-order valence-electron chi connectivity index (χ3n) is 3.54. The molecule has 3 nitrogen and oxygen atoms in total. The number of hydrogen-bond donors (Lipinski definition) is 2. The van der Waals surface area contributed by atoms with Gasteiger partial charge in [0, 0.05) is 6.54 Å². The molecule has 19 heavy (non-hydrogen) atoms. The molecule has 1 aromatic carbocycles. The van der Waals surface area contributed by atoms with E-state index in [1.54, 1.807) is 0 Å². The van der Waals surface area contributed by atoms with Gasteiger partial charge in [-0.15, -0.1) is 0 Å². The number of hydrogen-bond acceptors (Lipinski definition) is 2. The summed E-state index contributed by atoms with van der Waals surface area (Å²) < 4.78 is 12.9. The number of nitrogens with one attached hydrogen (secondary N) is 1. The molecule has 1 aliphatic carbocycles. The lowest BCUT2D eigenvalue weighted by atomic mass is 9.85. The highest BCUT2D eigenvalue weighted by atomic mass is 35.5. The molecule has 1 amide bonds. The molecule has 0 aliphatic heterocycles. The molecule has 0 unspecified atom stereocenters. The minimum Gasteiger partial charge on any atom is -0.388 e. The van der Waals surface area contributed by atoms with Crippen LogP contribution in [0.25, 0.3) is 0 Å². The van der Waals surface area contributed by atoms with E-state index < -0.39 is 11.4 Å². The van der Waals surface area contributed by atoms with Crippen LogP contribution in [-0.4, -0.2) is 23.2 Å². The number of rotatable bonds is 3. The Bertz CT molecular complexity index is 473. The second-order valence-corrected chi connectivity index (χ2v) is 5.50. The van der Waals surface area contributed by atoms with Crippen molar-refractivity contribution in [2.45, 2.75) is 37.7 Å². The molecule has 1 saturated carbocycles. The Morgan fingerprint density at radius 1 is 1.37 bits per heavy atom. The summed E-state index contributed by atoms with van der Waals surface area (Å²) in [5.41, 5.74) is -0.595. The summed E-state index contributed by atoms with van der Waals surface area (Å²) in [4.78, 5) is 11.9. The molecule has 0 radical (unpaired) electrons. The van der Waals surface area contributed by atoms with Gasteiger partial charge in [0.2, 0.25) is 0 Å². The first kappa shape index (κ1) is 14.3. The SMILES string of the molecule is O=C(NCC1(O)CCCCC1)c1ccc(F)cc1Cl. The van der Waals surface area contributed by atoms with Crippen LogP contribution in [0, 0.1) is 5.82 Å². The Morgan fingerprint density at radius 3 is 2.68 bits per heavy atom. The zero-order chi connectivity index (χ0) is 13.9. The molecule has 104 valence electrons. The Labute approximate surface area is 116 Å². The van der Waals surface area contributed by atoms with E-state index in [9.17, 15) is 14.3 Å². The van der Waals surface area contributed by atoms with Crippen LogP contribution in [0.2, 0.25) is 5.02 Å². The topological polar surface area (TPSA) is 49.3 Å². The summed E-state index contributed by atoms with van der Waals surface area (Å²) in [5.74, 6) is -0.864. The minimum absolute atomic E-state index is 0.0770. The standard InChI is InChI=1S/C14H17ClFNO2/c15-12-8-10(16)4-5-11(12)13(18)17-9-14(19)6-2-1-3-7-14/h4-5,8,19H,1-3,6-7,9H2,(H,17,18). The van der Waals surface area contributed by atoms with E-state index in [-0.39, 0.29) is 23.0 Å². The van der Waals surface area contributed by atoms with Gasteiger partial charge < -0.3 is 10.4 Å². The van der Waals surface area contributed by atoms with Gasteiger partial charge in [0.1, 0.15) is 5.82 Å². The van der Waals surface area contributed by atoms with Gasteiger partial charge in [-0.05, 0) is 31.0 Å². The zero-order valence-electron chi connectivity index (χ0n) is 10.6. The zero-order valence-corrected chi connectivity index (χ0v) is 11.3. The van der Waals surface area contributed by atoms with Crippen LogP contribution in [-0.2, 0) is 0 Å². The molecule has 0 atom stereocenters. The number of carbonyl (C=O) groups excluding carboxylic acids is 1. The smallest absolute Gasteiger partial charge is 0.252 e. The molecule has 0 heterocycles. The van der Waals surface area contributed by atoms with Gasteiger partial charge in [-0.2, -0.15) is 0 Å². The van der Waals surface area contributed by atoms with E-state index >= 15 is 0 Å². The fourth-order valence-electron chi connectivity index (χ4n) is 2.40. The van der Waals surface area contributed by atoms with E-state index in [0.717, 1.165) is 25.3 Å². The Morgan fingerprint density at radius 2 is 2.05 bits per heavy atom. The van der Waals surface area contributed by atoms with Crippen molar-refractivity contribution in [3.63, 3.8) is 0 Å². The number of aliphatic hydroxyl groups is 1.